The summed E-state index contributed by atoms with van der Waals surface area (Å²) in [6, 6.07) is 14.0. The van der Waals surface area contributed by atoms with Gasteiger partial charge in [-0.2, -0.15) is 10.2 Å². The molecule has 0 unspecified atom stereocenters. The van der Waals surface area contributed by atoms with Gasteiger partial charge in [0.1, 0.15) is 5.75 Å². The van der Waals surface area contributed by atoms with Gasteiger partial charge in [-0.3, -0.25) is 9.59 Å². The molecule has 0 spiro atoms. The quantitative estimate of drug-likeness (QED) is 0.124. The Morgan fingerprint density at radius 1 is 0.759 bits per heavy atom. The summed E-state index contributed by atoms with van der Waals surface area (Å²) in [5.74, 6) is 0.425. The fourth-order valence-electron chi connectivity index (χ4n) is 2.85. The van der Waals surface area contributed by atoms with Crippen LogP contribution in [-0.4, -0.2) is 11.8 Å². The lowest BCUT2D eigenvalue weighted by Gasteiger charge is -2.04. The van der Waals surface area contributed by atoms with Gasteiger partial charge in [0.2, 0.25) is 0 Å². The van der Waals surface area contributed by atoms with E-state index in [-0.39, 0.29) is 11.8 Å². The van der Waals surface area contributed by atoms with Crippen molar-refractivity contribution in [1.29, 1.82) is 0 Å². The average molecular weight is 395 g/mol. The molecule has 2 aromatic rings. The van der Waals surface area contributed by atoms with E-state index in [4.69, 9.17) is 4.74 Å². The molecule has 0 N–H and O–H groups in total. The molecule has 0 aliphatic carbocycles. The number of hydrogen-bond acceptors (Lipinski definition) is 5. The minimum absolute atomic E-state index is 0.107. The third-order valence-corrected chi connectivity index (χ3v) is 4.59. The van der Waals surface area contributed by atoms with Gasteiger partial charge in [0.15, 0.2) is 5.78 Å². The van der Waals surface area contributed by atoms with E-state index < -0.39 is 0 Å². The molecule has 29 heavy (non-hydrogen) atoms. The van der Waals surface area contributed by atoms with Gasteiger partial charge in [-0.1, -0.05) is 46.0 Å². The number of carbonyl (C=O) groups excluding carboxylic acids is 2. The second-order valence-electron chi connectivity index (χ2n) is 7.01. The Kier molecular flexibility index (Phi) is 9.76. The molecular weight excluding hydrogens is 364 g/mol. The number of Topliss-reactive ketones (excluding diaryl/α,β-unsaturated/α-hetero) is 1. The number of ether oxygens (including phenoxy) is 1. The summed E-state index contributed by atoms with van der Waals surface area (Å²) in [5.41, 5.74) is 2.01. The van der Waals surface area contributed by atoms with Gasteiger partial charge in [0.25, 0.3) is 0 Å². The van der Waals surface area contributed by atoms with Crippen molar-refractivity contribution >= 4 is 23.1 Å². The maximum absolute atomic E-state index is 11.9. The number of rotatable bonds is 12. The van der Waals surface area contributed by atoms with Crippen molar-refractivity contribution in [2.75, 3.05) is 0 Å². The third-order valence-electron chi connectivity index (χ3n) is 4.59. The van der Waals surface area contributed by atoms with E-state index in [0.29, 0.717) is 35.5 Å². The maximum Gasteiger partial charge on any atom is 0.311 e. The Balaban J connectivity index is 1.78. The summed E-state index contributed by atoms with van der Waals surface area (Å²) in [4.78, 5) is 23.5. The SMILES string of the molecule is CCCCCCCCC(=O)Oc1ccc(N=Nc2ccc(C(=O)CC)cc2)cc1. The van der Waals surface area contributed by atoms with Crippen LogP contribution in [0, 0.1) is 0 Å². The molecule has 5 heteroatoms. The zero-order valence-corrected chi connectivity index (χ0v) is 17.4. The van der Waals surface area contributed by atoms with Crippen molar-refractivity contribution in [2.45, 2.75) is 65.2 Å². The first kappa shape index (κ1) is 22.5. The van der Waals surface area contributed by atoms with Crippen molar-refractivity contribution in [3.63, 3.8) is 0 Å². The zero-order chi connectivity index (χ0) is 20.9. The predicted octanol–water partition coefficient (Wildman–Crippen LogP) is 7.35. The summed E-state index contributed by atoms with van der Waals surface area (Å²) < 4.78 is 5.36. The fourth-order valence-corrected chi connectivity index (χ4v) is 2.85. The van der Waals surface area contributed by atoms with Gasteiger partial charge in [-0.15, -0.1) is 0 Å². The largest absolute Gasteiger partial charge is 0.427 e. The molecule has 2 rings (SSSR count). The second-order valence-corrected chi connectivity index (χ2v) is 7.01. The normalized spacial score (nSPS) is 11.0. The van der Waals surface area contributed by atoms with E-state index in [1.54, 1.807) is 48.5 Å². The molecule has 0 saturated carbocycles. The van der Waals surface area contributed by atoms with Gasteiger partial charge in [-0.25, -0.2) is 0 Å². The number of esters is 1. The van der Waals surface area contributed by atoms with Crippen LogP contribution >= 0.6 is 0 Å². The maximum atomic E-state index is 11.9. The van der Waals surface area contributed by atoms with E-state index in [9.17, 15) is 9.59 Å². The smallest absolute Gasteiger partial charge is 0.311 e. The Morgan fingerprint density at radius 3 is 1.90 bits per heavy atom. The molecule has 0 fully saturated rings. The number of azo groups is 1. The molecule has 0 bridgehead atoms. The van der Waals surface area contributed by atoms with Crippen LogP contribution in [0.3, 0.4) is 0 Å². The minimum atomic E-state index is -0.198. The first-order chi connectivity index (χ1) is 14.1. The Labute approximate surface area is 173 Å². The molecule has 0 atom stereocenters. The van der Waals surface area contributed by atoms with Gasteiger partial charge in [0, 0.05) is 18.4 Å². The minimum Gasteiger partial charge on any atom is -0.427 e. The molecule has 0 saturated heterocycles. The van der Waals surface area contributed by atoms with Crippen molar-refractivity contribution in [3.05, 3.63) is 54.1 Å². The molecule has 0 heterocycles. The summed E-state index contributed by atoms with van der Waals surface area (Å²) in [6.07, 6.45) is 7.78. The molecule has 2 aromatic carbocycles. The van der Waals surface area contributed by atoms with E-state index >= 15 is 0 Å². The molecule has 5 nitrogen and oxygen atoms in total. The molecule has 0 aliphatic rings. The number of benzene rings is 2. The highest BCUT2D eigenvalue weighted by molar-refractivity contribution is 5.96. The number of hydrogen-bond donors (Lipinski definition) is 0. The number of unbranched alkanes of at least 4 members (excludes halogenated alkanes) is 5. The van der Waals surface area contributed by atoms with E-state index in [0.717, 1.165) is 12.8 Å². The molecule has 0 radical (unpaired) electrons. The lowest BCUT2D eigenvalue weighted by atomic mass is 10.1. The second kappa shape index (κ2) is 12.6. The summed E-state index contributed by atoms with van der Waals surface area (Å²) >= 11 is 0. The van der Waals surface area contributed by atoms with Crippen LogP contribution in [0.15, 0.2) is 58.8 Å². The van der Waals surface area contributed by atoms with E-state index in [1.807, 2.05) is 6.92 Å². The molecular formula is C24H30N2O3. The van der Waals surface area contributed by atoms with Gasteiger partial charge < -0.3 is 4.74 Å². The Bertz CT molecular complexity index is 796. The van der Waals surface area contributed by atoms with Crippen LogP contribution in [0.5, 0.6) is 5.75 Å². The molecule has 0 aromatic heterocycles. The predicted molar refractivity (Wildman–Crippen MR) is 115 cm³/mol. The monoisotopic (exact) mass is 394 g/mol. The Morgan fingerprint density at radius 2 is 1.31 bits per heavy atom. The summed E-state index contributed by atoms with van der Waals surface area (Å²) in [7, 11) is 0. The van der Waals surface area contributed by atoms with Gasteiger partial charge in [0.05, 0.1) is 11.4 Å². The van der Waals surface area contributed by atoms with Crippen molar-refractivity contribution in [3.8, 4) is 5.75 Å². The Hall–Kier alpha value is -2.82. The lowest BCUT2D eigenvalue weighted by Crippen LogP contribution is -2.07. The van der Waals surface area contributed by atoms with Gasteiger partial charge in [-0.05, 0) is 55.0 Å². The van der Waals surface area contributed by atoms with Crippen LogP contribution in [0.2, 0.25) is 0 Å². The van der Waals surface area contributed by atoms with Crippen LogP contribution in [0.4, 0.5) is 11.4 Å². The highest BCUT2D eigenvalue weighted by Crippen LogP contribution is 2.22. The average Bonchev–Trinajstić information content (AvgIpc) is 2.75. The fraction of sp³-hybridized carbons (Fsp3) is 0.417. The summed E-state index contributed by atoms with van der Waals surface area (Å²) in [5, 5.41) is 8.35. The van der Waals surface area contributed by atoms with E-state index in [1.165, 1.54) is 25.7 Å². The number of nitrogens with zero attached hydrogens (tertiary/aromatic N) is 2. The number of ketones is 1. The summed E-state index contributed by atoms with van der Waals surface area (Å²) in [6.45, 7) is 4.03. The molecule has 154 valence electrons. The number of carbonyl (C=O) groups is 2. The van der Waals surface area contributed by atoms with Crippen molar-refractivity contribution in [1.82, 2.24) is 0 Å². The first-order valence-corrected chi connectivity index (χ1v) is 10.5. The van der Waals surface area contributed by atoms with Crippen molar-refractivity contribution in [2.24, 2.45) is 10.2 Å². The highest BCUT2D eigenvalue weighted by Gasteiger charge is 2.05. The van der Waals surface area contributed by atoms with Crippen molar-refractivity contribution < 1.29 is 14.3 Å². The standard InChI is InChI=1S/C24H30N2O3/c1-3-5-6-7-8-9-10-24(28)29-22-17-15-21(16-18-22)26-25-20-13-11-19(12-14-20)23(27)4-2/h11-18H,3-10H2,1-2H3. The zero-order valence-electron chi connectivity index (χ0n) is 17.4. The van der Waals surface area contributed by atoms with Crippen LogP contribution in [0.25, 0.3) is 0 Å². The molecule has 0 aliphatic heterocycles. The van der Waals surface area contributed by atoms with Gasteiger partial charge >= 0.3 is 5.97 Å². The van der Waals surface area contributed by atoms with E-state index in [2.05, 4.69) is 17.2 Å². The lowest BCUT2D eigenvalue weighted by molar-refractivity contribution is -0.134. The first-order valence-electron chi connectivity index (χ1n) is 10.5. The molecule has 0 amide bonds. The van der Waals surface area contributed by atoms with Crippen LogP contribution in [0.1, 0.15) is 75.6 Å². The third kappa shape index (κ3) is 8.38. The topological polar surface area (TPSA) is 68.1 Å². The van der Waals surface area contributed by atoms with Crippen LogP contribution < -0.4 is 4.74 Å². The van der Waals surface area contributed by atoms with Crippen LogP contribution in [-0.2, 0) is 4.79 Å². The highest BCUT2D eigenvalue weighted by atomic mass is 16.5.